The Labute approximate surface area is 199 Å². The zero-order valence-corrected chi connectivity index (χ0v) is 20.4. The lowest BCUT2D eigenvalue weighted by Crippen LogP contribution is -2.68. The maximum Gasteiger partial charge on any atom is 0.194 e. The first-order chi connectivity index (χ1) is 16.2. The molecule has 3 heterocycles. The first kappa shape index (κ1) is 21.5. The molecule has 2 aliphatic heterocycles. The molecule has 0 amide bonds. The van der Waals surface area contributed by atoms with Crippen LogP contribution in [0.15, 0.2) is 36.4 Å². The van der Waals surface area contributed by atoms with Crippen molar-refractivity contribution in [3.05, 3.63) is 68.9 Å². The van der Waals surface area contributed by atoms with Gasteiger partial charge in [-0.15, -0.1) is 0 Å². The molecule has 0 radical (unpaired) electrons. The number of rotatable bonds is 1. The van der Waals surface area contributed by atoms with Crippen molar-refractivity contribution in [3.8, 4) is 11.5 Å². The largest absolute Gasteiger partial charge is 0.493 e. The average molecular weight is 462 g/mol. The molecule has 34 heavy (non-hydrogen) atoms. The van der Waals surface area contributed by atoms with Crippen LogP contribution in [0.3, 0.4) is 0 Å². The zero-order valence-electron chi connectivity index (χ0n) is 20.4. The second-order valence-electron chi connectivity index (χ2n) is 10.5. The Morgan fingerprint density at radius 3 is 2.68 bits per heavy atom. The van der Waals surface area contributed by atoms with Crippen LogP contribution in [0.1, 0.15) is 41.8 Å². The molecular weight excluding hydrogens is 430 g/mol. The minimum Gasteiger partial charge on any atom is -0.493 e. The number of benzene rings is 2. The van der Waals surface area contributed by atoms with Crippen molar-refractivity contribution >= 4 is 10.9 Å². The molecule has 1 aromatic heterocycles. The second-order valence-corrected chi connectivity index (χ2v) is 10.5. The molecule has 2 bridgehead atoms. The number of methoxy groups -OCH3 is 1. The van der Waals surface area contributed by atoms with Gasteiger partial charge in [-0.2, -0.15) is 0 Å². The molecule has 4 unspecified atom stereocenters. The van der Waals surface area contributed by atoms with E-state index in [0.717, 1.165) is 44.4 Å². The molecule has 178 valence electrons. The summed E-state index contributed by atoms with van der Waals surface area (Å²) in [7, 11) is 7.20. The average Bonchev–Trinajstić information content (AvgIpc) is 3.28. The maximum absolute atomic E-state index is 8.81. The molecular formula is C27H31N3O4. The van der Waals surface area contributed by atoms with Gasteiger partial charge in [0.05, 0.1) is 18.2 Å². The Hall–Kier alpha value is -3.06. The fourth-order valence-electron chi connectivity index (χ4n) is 7.84. The minimum absolute atomic E-state index is 0.0107. The number of para-hydroxylation sites is 1. The second kappa shape index (κ2) is 6.98. The highest BCUT2D eigenvalue weighted by atomic mass is 16.6. The van der Waals surface area contributed by atoms with Crippen LogP contribution < -0.4 is 9.47 Å². The first-order valence-electron chi connectivity index (χ1n) is 12.0. The molecule has 7 heteroatoms. The van der Waals surface area contributed by atoms with Crippen molar-refractivity contribution in [1.29, 1.82) is 0 Å². The van der Waals surface area contributed by atoms with Crippen LogP contribution in [0.25, 0.3) is 10.9 Å². The predicted molar refractivity (Wildman–Crippen MR) is 130 cm³/mol. The third-order valence-electron chi connectivity index (χ3n) is 9.17. The maximum atomic E-state index is 8.81. The van der Waals surface area contributed by atoms with Crippen LogP contribution >= 0.6 is 0 Å². The van der Waals surface area contributed by atoms with E-state index in [2.05, 4.69) is 66.9 Å². The van der Waals surface area contributed by atoms with Crippen LogP contribution in [0.2, 0.25) is 0 Å². The fraction of sp³-hybridized carbons (Fsp3) is 0.481. The van der Waals surface area contributed by atoms with Crippen LogP contribution in [-0.2, 0) is 25.3 Å². The Morgan fingerprint density at radius 2 is 1.94 bits per heavy atom. The number of aromatic nitrogens is 1. The number of ether oxygens (including phenoxy) is 2. The van der Waals surface area contributed by atoms with Crippen molar-refractivity contribution in [3.63, 3.8) is 0 Å². The molecule has 2 aliphatic carbocycles. The number of hydrogen-bond donors (Lipinski definition) is 0. The van der Waals surface area contributed by atoms with Gasteiger partial charge >= 0.3 is 0 Å². The summed E-state index contributed by atoms with van der Waals surface area (Å²) in [6.45, 7) is 3.67. The lowest BCUT2D eigenvalue weighted by atomic mass is 9.44. The van der Waals surface area contributed by atoms with E-state index in [4.69, 9.17) is 19.6 Å². The lowest BCUT2D eigenvalue weighted by Gasteiger charge is -2.64. The molecule has 0 saturated carbocycles. The van der Waals surface area contributed by atoms with Gasteiger partial charge in [-0.25, -0.2) is 0 Å². The number of fused-ring (bicyclic) bond motifs is 4. The molecule has 4 atom stereocenters. The summed E-state index contributed by atoms with van der Waals surface area (Å²) in [5.74, 6) is 1.89. The van der Waals surface area contributed by atoms with Crippen molar-refractivity contribution < 1.29 is 14.4 Å². The number of nitrogens with zero attached hydrogens (tertiary/aromatic N) is 3. The molecule has 1 spiro atoms. The topological polar surface area (TPSA) is 69.8 Å². The Kier molecular flexibility index (Phi) is 4.41. The van der Waals surface area contributed by atoms with Gasteiger partial charge in [0.2, 0.25) is 0 Å². The van der Waals surface area contributed by atoms with E-state index in [9.17, 15) is 0 Å². The van der Waals surface area contributed by atoms with E-state index in [1.807, 2.05) is 0 Å². The quantitative estimate of drug-likeness (QED) is 0.400. The van der Waals surface area contributed by atoms with Crippen molar-refractivity contribution in [1.82, 2.24) is 9.47 Å². The third kappa shape index (κ3) is 2.40. The lowest BCUT2D eigenvalue weighted by molar-refractivity contribution is -0.445. The highest BCUT2D eigenvalue weighted by Crippen LogP contribution is 2.72. The van der Waals surface area contributed by atoms with E-state index in [0.29, 0.717) is 6.04 Å². The monoisotopic (exact) mass is 461 g/mol. The number of likely N-dealkylation sites (N-methyl/N-ethyl adjacent to an activating group) is 1. The Bertz CT molecular complexity index is 1340. The standard InChI is InChI=1S/C26H28N2O2.CH3NO2/c1-25-14-17-16-7-5-6-8-18(16)28(3)22(17)24-26(25)11-12-27(2)20(25)13-15-9-10-19(29-4)23(30-24)21(15)26;1-2(3)4/h5-10,20,24H,11-14H2,1-4H3;1H3. The van der Waals surface area contributed by atoms with Gasteiger partial charge in [0.15, 0.2) is 18.5 Å². The summed E-state index contributed by atoms with van der Waals surface area (Å²) in [6, 6.07) is 13.8. The fourth-order valence-corrected chi connectivity index (χ4v) is 7.84. The SMILES string of the molecule is COc1ccc2c3c1OC1c4c(c5ccccc5n4C)CC4(C)C(C2)N(C)CCC314.C[N+](=O)[O-]. The molecule has 7 rings (SSSR count). The van der Waals surface area contributed by atoms with E-state index in [1.165, 1.54) is 33.3 Å². The van der Waals surface area contributed by atoms with Gasteiger partial charge in [0, 0.05) is 39.9 Å². The third-order valence-corrected chi connectivity index (χ3v) is 9.17. The van der Waals surface area contributed by atoms with Gasteiger partial charge in [-0.05, 0) is 56.1 Å². The number of piperidine rings is 1. The van der Waals surface area contributed by atoms with Crippen LogP contribution in [0.4, 0.5) is 0 Å². The zero-order chi connectivity index (χ0) is 24.0. The van der Waals surface area contributed by atoms with Gasteiger partial charge in [-0.3, -0.25) is 10.1 Å². The number of hydrogen-bond acceptors (Lipinski definition) is 5. The summed E-state index contributed by atoms with van der Waals surface area (Å²) in [5, 5.41) is 10.2. The highest BCUT2D eigenvalue weighted by molar-refractivity contribution is 5.87. The molecule has 1 fully saturated rings. The predicted octanol–water partition coefficient (Wildman–Crippen LogP) is 4.27. The highest BCUT2D eigenvalue weighted by Gasteiger charge is 2.70. The van der Waals surface area contributed by atoms with E-state index in [1.54, 1.807) is 7.11 Å². The summed E-state index contributed by atoms with van der Waals surface area (Å²) in [6.07, 6.45) is 3.38. The van der Waals surface area contributed by atoms with E-state index >= 15 is 0 Å². The molecule has 2 aromatic carbocycles. The van der Waals surface area contributed by atoms with Crippen molar-refractivity contribution in [2.24, 2.45) is 12.5 Å². The van der Waals surface area contributed by atoms with E-state index in [-0.39, 0.29) is 16.9 Å². The summed E-state index contributed by atoms with van der Waals surface area (Å²) in [5.41, 5.74) is 7.24. The summed E-state index contributed by atoms with van der Waals surface area (Å²) >= 11 is 0. The van der Waals surface area contributed by atoms with Gasteiger partial charge in [-0.1, -0.05) is 31.2 Å². The Morgan fingerprint density at radius 1 is 1.21 bits per heavy atom. The van der Waals surface area contributed by atoms with Gasteiger partial charge in [0.25, 0.3) is 0 Å². The van der Waals surface area contributed by atoms with Gasteiger partial charge in [0.1, 0.15) is 6.10 Å². The van der Waals surface area contributed by atoms with Crippen molar-refractivity contribution in [2.75, 3.05) is 27.7 Å². The summed E-state index contributed by atoms with van der Waals surface area (Å²) in [4.78, 5) is 10.9. The number of likely N-dealkylation sites (tertiary alicyclic amines) is 1. The first-order valence-corrected chi connectivity index (χ1v) is 12.0. The molecule has 0 N–H and O–H groups in total. The smallest absolute Gasteiger partial charge is 0.194 e. The molecule has 3 aromatic rings. The minimum atomic E-state index is -0.500. The summed E-state index contributed by atoms with van der Waals surface area (Å²) < 4.78 is 15.2. The van der Waals surface area contributed by atoms with Gasteiger partial charge < -0.3 is 18.9 Å². The van der Waals surface area contributed by atoms with Crippen molar-refractivity contribution in [2.45, 2.75) is 43.7 Å². The Balaban J connectivity index is 0.000000507. The van der Waals surface area contributed by atoms with Crippen LogP contribution in [0, 0.1) is 15.5 Å². The number of nitro groups is 1. The molecule has 1 saturated heterocycles. The molecule has 7 nitrogen and oxygen atoms in total. The normalized spacial score (nSPS) is 30.0. The van der Waals surface area contributed by atoms with E-state index < -0.39 is 4.92 Å². The van der Waals surface area contributed by atoms with Crippen LogP contribution in [0.5, 0.6) is 11.5 Å². The number of aryl methyl sites for hydroxylation is 1. The van der Waals surface area contributed by atoms with Crippen LogP contribution in [-0.4, -0.2) is 48.2 Å². The molecule has 4 aliphatic rings.